The van der Waals surface area contributed by atoms with Gasteiger partial charge in [-0.15, -0.1) is 11.3 Å². The summed E-state index contributed by atoms with van der Waals surface area (Å²) in [6.07, 6.45) is 3.83. The summed E-state index contributed by atoms with van der Waals surface area (Å²) in [6.45, 7) is 1.13. The molecule has 0 bridgehead atoms. The molecule has 0 radical (unpaired) electrons. The first-order chi connectivity index (χ1) is 8.83. The van der Waals surface area contributed by atoms with Gasteiger partial charge in [-0.25, -0.2) is 4.98 Å². The summed E-state index contributed by atoms with van der Waals surface area (Å²) in [5.74, 6) is 0. The number of piperidine rings is 1. The minimum absolute atomic E-state index is 0.473. The minimum atomic E-state index is 0.473. The Balaban J connectivity index is 1.82. The monoisotopic (exact) mass is 370 g/mol. The Morgan fingerprint density at radius 3 is 2.78 bits per heavy atom. The number of hydrogen-bond acceptors (Lipinski definition) is 3. The molecule has 1 aromatic carbocycles. The van der Waals surface area contributed by atoms with E-state index in [0.29, 0.717) is 6.04 Å². The van der Waals surface area contributed by atoms with Crippen molar-refractivity contribution < 1.29 is 0 Å². The molecule has 1 saturated heterocycles. The number of halogens is 1. The molecule has 94 valence electrons. The quantitative estimate of drug-likeness (QED) is 0.801. The van der Waals surface area contributed by atoms with Crippen molar-refractivity contribution >= 4 is 33.9 Å². The van der Waals surface area contributed by atoms with Gasteiger partial charge in [0, 0.05) is 14.5 Å². The van der Waals surface area contributed by atoms with Crippen molar-refractivity contribution in [2.45, 2.75) is 25.3 Å². The summed E-state index contributed by atoms with van der Waals surface area (Å²) in [6, 6.07) is 9.03. The van der Waals surface area contributed by atoms with Crippen LogP contribution in [0.2, 0.25) is 0 Å². The first-order valence-electron chi connectivity index (χ1n) is 6.28. The summed E-state index contributed by atoms with van der Waals surface area (Å²) < 4.78 is 1.26. The predicted octanol–water partition coefficient (Wildman–Crippen LogP) is 4.23. The van der Waals surface area contributed by atoms with Crippen LogP contribution in [0.3, 0.4) is 0 Å². The van der Waals surface area contributed by atoms with E-state index >= 15 is 0 Å². The summed E-state index contributed by atoms with van der Waals surface area (Å²) in [7, 11) is 0. The fourth-order valence-electron chi connectivity index (χ4n) is 2.26. The van der Waals surface area contributed by atoms with Crippen LogP contribution in [0.25, 0.3) is 11.3 Å². The second-order valence-corrected chi connectivity index (χ2v) is 6.72. The summed E-state index contributed by atoms with van der Waals surface area (Å²) >= 11 is 4.11. The van der Waals surface area contributed by atoms with Crippen LogP contribution < -0.4 is 5.32 Å². The molecular formula is C14H15IN2S. The largest absolute Gasteiger partial charge is 0.308 e. The standard InChI is InChI=1S/C14H15IN2S/c15-11-6-4-10(5-7-11)13-9-18-14(17-13)12-3-1-2-8-16-12/h4-7,9,12,16H,1-3,8H2. The number of hydrogen-bond donors (Lipinski definition) is 1. The lowest BCUT2D eigenvalue weighted by atomic mass is 10.1. The molecule has 0 aliphatic carbocycles. The van der Waals surface area contributed by atoms with E-state index in [-0.39, 0.29) is 0 Å². The van der Waals surface area contributed by atoms with Crippen LogP contribution in [-0.4, -0.2) is 11.5 Å². The second kappa shape index (κ2) is 5.67. The van der Waals surface area contributed by atoms with E-state index in [0.717, 1.165) is 12.2 Å². The average Bonchev–Trinajstić information content (AvgIpc) is 2.90. The van der Waals surface area contributed by atoms with E-state index in [1.165, 1.54) is 33.4 Å². The molecule has 1 unspecified atom stereocenters. The van der Waals surface area contributed by atoms with Gasteiger partial charge < -0.3 is 5.32 Å². The van der Waals surface area contributed by atoms with E-state index in [2.05, 4.69) is 57.6 Å². The van der Waals surface area contributed by atoms with Gasteiger partial charge in [-0.3, -0.25) is 0 Å². The molecule has 18 heavy (non-hydrogen) atoms. The van der Waals surface area contributed by atoms with Gasteiger partial charge in [-0.1, -0.05) is 18.6 Å². The van der Waals surface area contributed by atoms with E-state index in [9.17, 15) is 0 Å². The molecule has 0 amide bonds. The number of rotatable bonds is 2. The van der Waals surface area contributed by atoms with Crippen LogP contribution in [0.1, 0.15) is 30.3 Å². The van der Waals surface area contributed by atoms with Crippen LogP contribution in [0, 0.1) is 3.57 Å². The summed E-state index contributed by atoms with van der Waals surface area (Å²) in [4.78, 5) is 4.79. The van der Waals surface area contributed by atoms with Crippen molar-refractivity contribution in [3.63, 3.8) is 0 Å². The van der Waals surface area contributed by atoms with Crippen LogP contribution in [0.5, 0.6) is 0 Å². The average molecular weight is 370 g/mol. The van der Waals surface area contributed by atoms with E-state index in [1.807, 2.05) is 0 Å². The molecule has 0 saturated carbocycles. The van der Waals surface area contributed by atoms with Crippen molar-refractivity contribution in [1.29, 1.82) is 0 Å². The Labute approximate surface area is 125 Å². The third-order valence-electron chi connectivity index (χ3n) is 3.27. The van der Waals surface area contributed by atoms with Gasteiger partial charge in [0.25, 0.3) is 0 Å². The van der Waals surface area contributed by atoms with Gasteiger partial charge >= 0.3 is 0 Å². The zero-order valence-electron chi connectivity index (χ0n) is 10.0. The number of nitrogens with zero attached hydrogens (tertiary/aromatic N) is 1. The highest BCUT2D eigenvalue weighted by molar-refractivity contribution is 14.1. The van der Waals surface area contributed by atoms with E-state index in [4.69, 9.17) is 4.98 Å². The molecule has 3 rings (SSSR count). The Morgan fingerprint density at radius 1 is 1.22 bits per heavy atom. The highest BCUT2D eigenvalue weighted by Gasteiger charge is 2.18. The fourth-order valence-corrected chi connectivity index (χ4v) is 3.56. The van der Waals surface area contributed by atoms with Crippen molar-refractivity contribution in [2.75, 3.05) is 6.54 Å². The Kier molecular flexibility index (Phi) is 3.96. The van der Waals surface area contributed by atoms with Gasteiger partial charge in [0.2, 0.25) is 0 Å². The molecule has 1 atom stereocenters. The SMILES string of the molecule is Ic1ccc(-c2csc(C3CCCCN3)n2)cc1. The topological polar surface area (TPSA) is 24.9 Å². The number of aromatic nitrogens is 1. The lowest BCUT2D eigenvalue weighted by Gasteiger charge is -2.21. The molecule has 1 N–H and O–H groups in total. The molecular weight excluding hydrogens is 355 g/mol. The van der Waals surface area contributed by atoms with E-state index < -0.39 is 0 Å². The first-order valence-corrected chi connectivity index (χ1v) is 8.23. The van der Waals surface area contributed by atoms with Crippen molar-refractivity contribution in [1.82, 2.24) is 10.3 Å². The Bertz CT molecular complexity index is 515. The van der Waals surface area contributed by atoms with Crippen LogP contribution in [-0.2, 0) is 0 Å². The van der Waals surface area contributed by atoms with Gasteiger partial charge in [0.1, 0.15) is 5.01 Å². The van der Waals surface area contributed by atoms with E-state index in [1.54, 1.807) is 11.3 Å². The summed E-state index contributed by atoms with van der Waals surface area (Å²) in [5.41, 5.74) is 2.33. The van der Waals surface area contributed by atoms with Crippen LogP contribution in [0.15, 0.2) is 29.6 Å². The fraction of sp³-hybridized carbons (Fsp3) is 0.357. The smallest absolute Gasteiger partial charge is 0.110 e. The maximum absolute atomic E-state index is 4.79. The molecule has 0 spiro atoms. The predicted molar refractivity (Wildman–Crippen MR) is 84.9 cm³/mol. The third kappa shape index (κ3) is 2.75. The molecule has 1 fully saturated rings. The van der Waals surface area contributed by atoms with Gasteiger partial charge in [0.15, 0.2) is 0 Å². The maximum Gasteiger partial charge on any atom is 0.110 e. The number of thiazole rings is 1. The summed E-state index contributed by atoms with van der Waals surface area (Å²) in [5, 5.41) is 6.97. The Hall–Kier alpha value is -0.460. The lowest BCUT2D eigenvalue weighted by Crippen LogP contribution is -2.26. The van der Waals surface area contributed by atoms with Crippen molar-refractivity contribution in [2.24, 2.45) is 0 Å². The second-order valence-electron chi connectivity index (χ2n) is 4.58. The van der Waals surface area contributed by atoms with Crippen LogP contribution in [0.4, 0.5) is 0 Å². The normalized spacial score (nSPS) is 19.9. The van der Waals surface area contributed by atoms with Crippen LogP contribution >= 0.6 is 33.9 Å². The van der Waals surface area contributed by atoms with Crippen molar-refractivity contribution in [3.05, 3.63) is 38.2 Å². The zero-order chi connectivity index (χ0) is 12.4. The Morgan fingerprint density at radius 2 is 2.06 bits per heavy atom. The molecule has 2 aromatic rings. The highest BCUT2D eigenvalue weighted by Crippen LogP contribution is 2.29. The lowest BCUT2D eigenvalue weighted by molar-refractivity contribution is 0.411. The van der Waals surface area contributed by atoms with Gasteiger partial charge in [-0.2, -0.15) is 0 Å². The molecule has 2 nitrogen and oxygen atoms in total. The number of benzene rings is 1. The molecule has 2 heterocycles. The molecule has 1 aliphatic rings. The maximum atomic E-state index is 4.79. The van der Waals surface area contributed by atoms with Gasteiger partial charge in [-0.05, 0) is 54.1 Å². The minimum Gasteiger partial charge on any atom is -0.308 e. The molecule has 4 heteroatoms. The number of nitrogens with one attached hydrogen (secondary N) is 1. The highest BCUT2D eigenvalue weighted by atomic mass is 127. The first kappa shape index (κ1) is 12.6. The third-order valence-corrected chi connectivity index (χ3v) is 4.95. The van der Waals surface area contributed by atoms with Crippen molar-refractivity contribution in [3.8, 4) is 11.3 Å². The molecule has 1 aliphatic heterocycles. The molecule has 1 aromatic heterocycles. The van der Waals surface area contributed by atoms with Gasteiger partial charge in [0.05, 0.1) is 11.7 Å². The zero-order valence-corrected chi connectivity index (χ0v) is 13.0.